The zero-order valence-corrected chi connectivity index (χ0v) is 10.0. The summed E-state index contributed by atoms with van der Waals surface area (Å²) in [5.41, 5.74) is -1.00. The molecule has 1 saturated heterocycles. The Morgan fingerprint density at radius 3 is 3.06 bits per heavy atom. The van der Waals surface area contributed by atoms with Crippen molar-refractivity contribution in [2.45, 2.75) is 31.6 Å². The molecule has 7 nitrogen and oxygen atoms in total. The molecule has 7 heteroatoms. The topological polar surface area (TPSA) is 105 Å². The smallest absolute Gasteiger partial charge is 0.358 e. The van der Waals surface area contributed by atoms with Crippen LogP contribution in [0.3, 0.4) is 0 Å². The first-order valence-electron chi connectivity index (χ1n) is 5.75. The van der Waals surface area contributed by atoms with Crippen molar-refractivity contribution in [2.75, 3.05) is 13.2 Å². The Kier molecular flexibility index (Phi) is 3.65. The van der Waals surface area contributed by atoms with E-state index in [2.05, 4.69) is 10.5 Å². The molecule has 2 atom stereocenters. The van der Waals surface area contributed by atoms with Crippen molar-refractivity contribution < 1.29 is 24.3 Å². The van der Waals surface area contributed by atoms with Gasteiger partial charge in [0.2, 0.25) is 0 Å². The van der Waals surface area contributed by atoms with Gasteiger partial charge in [0.25, 0.3) is 0 Å². The third kappa shape index (κ3) is 2.69. The number of ether oxygens (including phenoxy) is 1. The molecule has 2 unspecified atom stereocenters. The maximum atomic E-state index is 10.6. The Morgan fingerprint density at radius 2 is 2.50 bits per heavy atom. The monoisotopic (exact) mass is 256 g/mol. The molecule has 0 radical (unpaired) electrons. The van der Waals surface area contributed by atoms with E-state index < -0.39 is 11.6 Å². The van der Waals surface area contributed by atoms with E-state index in [4.69, 9.17) is 14.4 Å². The molecule has 1 aromatic heterocycles. The van der Waals surface area contributed by atoms with Gasteiger partial charge in [-0.1, -0.05) is 5.16 Å². The van der Waals surface area contributed by atoms with Crippen LogP contribution < -0.4 is 5.32 Å². The first-order valence-corrected chi connectivity index (χ1v) is 5.75. The van der Waals surface area contributed by atoms with Crippen LogP contribution in [-0.2, 0) is 11.3 Å². The summed E-state index contributed by atoms with van der Waals surface area (Å²) in [4.78, 5) is 10.6. The van der Waals surface area contributed by atoms with Gasteiger partial charge in [0.15, 0.2) is 11.5 Å². The molecule has 0 bridgehead atoms. The lowest BCUT2D eigenvalue weighted by atomic mass is 9.97. The van der Waals surface area contributed by atoms with Crippen LogP contribution in [0.25, 0.3) is 0 Å². The molecule has 1 aliphatic rings. The van der Waals surface area contributed by atoms with Gasteiger partial charge in [0, 0.05) is 25.6 Å². The van der Waals surface area contributed by atoms with E-state index in [0.29, 0.717) is 31.9 Å². The van der Waals surface area contributed by atoms with Crippen molar-refractivity contribution in [2.24, 2.45) is 0 Å². The minimum absolute atomic E-state index is 0.122. The molecule has 0 aliphatic carbocycles. The molecule has 1 aromatic rings. The molecule has 18 heavy (non-hydrogen) atoms. The van der Waals surface area contributed by atoms with Gasteiger partial charge in [-0.3, -0.25) is 0 Å². The highest BCUT2D eigenvalue weighted by atomic mass is 16.5. The lowest BCUT2D eigenvalue weighted by Gasteiger charge is -2.25. The Balaban J connectivity index is 1.83. The predicted molar refractivity (Wildman–Crippen MR) is 60.1 cm³/mol. The summed E-state index contributed by atoms with van der Waals surface area (Å²) in [5.74, 6) is -0.705. The van der Waals surface area contributed by atoms with Crippen molar-refractivity contribution in [3.05, 3.63) is 17.5 Å². The Labute approximate surface area is 104 Å². The fraction of sp³-hybridized carbons (Fsp3) is 0.636. The third-order valence-corrected chi connectivity index (χ3v) is 3.17. The first-order chi connectivity index (χ1) is 8.51. The Morgan fingerprint density at radius 1 is 1.72 bits per heavy atom. The fourth-order valence-electron chi connectivity index (χ4n) is 1.90. The number of carbonyl (C=O) groups is 1. The van der Waals surface area contributed by atoms with E-state index in [1.807, 2.05) is 6.92 Å². The number of nitrogens with one attached hydrogen (secondary N) is 1. The molecule has 0 saturated carbocycles. The predicted octanol–water partition coefficient (Wildman–Crippen LogP) is 0.00230. The number of aliphatic hydroxyl groups is 1. The minimum Gasteiger partial charge on any atom is -0.476 e. The number of rotatable bonds is 5. The normalized spacial score (nSPS) is 27.6. The zero-order chi connectivity index (χ0) is 13.2. The van der Waals surface area contributed by atoms with E-state index in [-0.39, 0.29) is 11.8 Å². The molecule has 100 valence electrons. The summed E-state index contributed by atoms with van der Waals surface area (Å²) in [5, 5.41) is 25.3. The van der Waals surface area contributed by atoms with Crippen LogP contribution in [0.5, 0.6) is 0 Å². The summed E-state index contributed by atoms with van der Waals surface area (Å²) in [6, 6.07) is 1.36. The second kappa shape index (κ2) is 5.05. The molecular formula is C11H16N2O5. The molecular weight excluding hydrogens is 240 g/mol. The van der Waals surface area contributed by atoms with Crippen molar-refractivity contribution in [3.8, 4) is 0 Å². The second-order valence-electron chi connectivity index (χ2n) is 4.45. The fourth-order valence-corrected chi connectivity index (χ4v) is 1.90. The number of hydrogen-bond donors (Lipinski definition) is 3. The van der Waals surface area contributed by atoms with Crippen molar-refractivity contribution in [1.29, 1.82) is 0 Å². The van der Waals surface area contributed by atoms with Crippen LogP contribution in [0.15, 0.2) is 10.6 Å². The van der Waals surface area contributed by atoms with Gasteiger partial charge >= 0.3 is 5.97 Å². The zero-order valence-electron chi connectivity index (χ0n) is 10.0. The minimum atomic E-state index is -1.12. The number of aromatic carboxylic acids is 1. The maximum absolute atomic E-state index is 10.6. The van der Waals surface area contributed by atoms with Crippen molar-refractivity contribution >= 4 is 5.97 Å². The van der Waals surface area contributed by atoms with E-state index >= 15 is 0 Å². The number of aromatic nitrogens is 1. The molecule has 1 aliphatic heterocycles. The van der Waals surface area contributed by atoms with Gasteiger partial charge < -0.3 is 24.8 Å². The van der Waals surface area contributed by atoms with Crippen LogP contribution in [0.1, 0.15) is 29.6 Å². The van der Waals surface area contributed by atoms with Gasteiger partial charge in [-0.2, -0.15) is 0 Å². The Hall–Kier alpha value is -1.44. The lowest BCUT2D eigenvalue weighted by Crippen LogP contribution is -2.45. The molecule has 2 heterocycles. The molecule has 0 amide bonds. The van der Waals surface area contributed by atoms with Gasteiger partial charge in [-0.25, -0.2) is 4.79 Å². The second-order valence-corrected chi connectivity index (χ2v) is 4.45. The maximum Gasteiger partial charge on any atom is 0.358 e. The van der Waals surface area contributed by atoms with E-state index in [0.717, 1.165) is 0 Å². The molecule has 0 aromatic carbocycles. The average molecular weight is 256 g/mol. The molecule has 1 fully saturated rings. The van der Waals surface area contributed by atoms with Gasteiger partial charge in [-0.05, 0) is 6.92 Å². The van der Waals surface area contributed by atoms with Gasteiger partial charge in [0.05, 0.1) is 12.6 Å². The average Bonchev–Trinajstić information content (AvgIpc) is 2.88. The summed E-state index contributed by atoms with van der Waals surface area (Å²) in [7, 11) is 0. The summed E-state index contributed by atoms with van der Waals surface area (Å²) < 4.78 is 10.1. The summed E-state index contributed by atoms with van der Waals surface area (Å²) in [6.45, 7) is 3.04. The van der Waals surface area contributed by atoms with E-state index in [9.17, 15) is 9.90 Å². The highest BCUT2D eigenvalue weighted by molar-refractivity contribution is 5.85. The van der Waals surface area contributed by atoms with Crippen molar-refractivity contribution in [3.63, 3.8) is 0 Å². The van der Waals surface area contributed by atoms with Crippen LogP contribution in [0, 0.1) is 0 Å². The van der Waals surface area contributed by atoms with Crippen LogP contribution in [0.2, 0.25) is 0 Å². The number of hydrogen-bond acceptors (Lipinski definition) is 6. The highest BCUT2D eigenvalue weighted by Crippen LogP contribution is 2.24. The number of carboxylic acid groups (broad SMARTS) is 1. The van der Waals surface area contributed by atoms with E-state index in [1.54, 1.807) is 0 Å². The van der Waals surface area contributed by atoms with Crippen LogP contribution in [0.4, 0.5) is 0 Å². The SMILES string of the molecule is CC1OCCC1(O)CNCc1cc(C(=O)O)no1. The van der Waals surface area contributed by atoms with Crippen molar-refractivity contribution in [1.82, 2.24) is 10.5 Å². The highest BCUT2D eigenvalue weighted by Gasteiger charge is 2.39. The number of carboxylic acids is 1. The van der Waals surface area contributed by atoms with Crippen LogP contribution in [-0.4, -0.2) is 46.2 Å². The number of nitrogens with zero attached hydrogens (tertiary/aromatic N) is 1. The van der Waals surface area contributed by atoms with Gasteiger partial charge in [0.1, 0.15) is 5.60 Å². The lowest BCUT2D eigenvalue weighted by molar-refractivity contribution is -0.0265. The molecule has 3 N–H and O–H groups in total. The third-order valence-electron chi connectivity index (χ3n) is 3.17. The summed E-state index contributed by atoms with van der Waals surface area (Å²) >= 11 is 0. The Bertz CT molecular complexity index is 433. The largest absolute Gasteiger partial charge is 0.476 e. The summed E-state index contributed by atoms with van der Waals surface area (Å²) in [6.07, 6.45) is 0.368. The quantitative estimate of drug-likeness (QED) is 0.681. The van der Waals surface area contributed by atoms with Gasteiger partial charge in [-0.15, -0.1) is 0 Å². The molecule has 2 rings (SSSR count). The first kappa shape index (κ1) is 13.0. The van der Waals surface area contributed by atoms with Crippen LogP contribution >= 0.6 is 0 Å². The standard InChI is InChI=1S/C11H16N2O5/c1-7-11(16,2-3-17-7)6-12-5-8-4-9(10(14)15)13-18-8/h4,7,12,16H,2-3,5-6H2,1H3,(H,14,15). The van der Waals surface area contributed by atoms with E-state index in [1.165, 1.54) is 6.07 Å². The molecule has 0 spiro atoms.